The van der Waals surface area contributed by atoms with E-state index >= 15 is 0 Å². The molecule has 31 heavy (non-hydrogen) atoms. The van der Waals surface area contributed by atoms with E-state index in [9.17, 15) is 18.0 Å². The molecule has 9 heteroatoms. The van der Waals surface area contributed by atoms with Gasteiger partial charge >= 0.3 is 0 Å². The Balaban J connectivity index is 1.36. The maximum Gasteiger partial charge on any atom is 0.255 e. The van der Waals surface area contributed by atoms with E-state index in [2.05, 4.69) is 4.90 Å². The van der Waals surface area contributed by atoms with Crippen LogP contribution in [0.4, 0.5) is 0 Å². The normalized spacial score (nSPS) is 24.4. The van der Waals surface area contributed by atoms with Gasteiger partial charge in [0.25, 0.3) is 5.91 Å². The molecule has 0 spiro atoms. The lowest BCUT2D eigenvalue weighted by Crippen LogP contribution is -2.54. The number of rotatable bonds is 5. The van der Waals surface area contributed by atoms with Crippen molar-refractivity contribution >= 4 is 33.3 Å². The summed E-state index contributed by atoms with van der Waals surface area (Å²) in [7, 11) is -3.05. The molecule has 4 rings (SSSR count). The molecule has 1 aromatic rings. The Morgan fingerprint density at radius 2 is 1.68 bits per heavy atom. The second-order valence-electron chi connectivity index (χ2n) is 8.84. The number of piperazine rings is 1. The molecule has 2 aliphatic heterocycles. The minimum Gasteiger partial charge on any atom is -0.336 e. The van der Waals surface area contributed by atoms with Crippen molar-refractivity contribution in [2.24, 2.45) is 0 Å². The van der Waals surface area contributed by atoms with Crippen LogP contribution in [0.5, 0.6) is 0 Å². The number of amides is 2. The van der Waals surface area contributed by atoms with Crippen LogP contribution in [0.15, 0.2) is 24.3 Å². The summed E-state index contributed by atoms with van der Waals surface area (Å²) in [6.45, 7) is 2.59. The Labute approximate surface area is 189 Å². The minimum absolute atomic E-state index is 0.0277. The number of benzene rings is 1. The van der Waals surface area contributed by atoms with Gasteiger partial charge in [0.1, 0.15) is 0 Å². The van der Waals surface area contributed by atoms with Gasteiger partial charge in [-0.1, -0.05) is 36.6 Å². The molecule has 0 radical (unpaired) electrons. The summed E-state index contributed by atoms with van der Waals surface area (Å²) in [4.78, 5) is 31.8. The third kappa shape index (κ3) is 5.23. The average Bonchev–Trinajstić information content (AvgIpc) is 3.38. The predicted molar refractivity (Wildman–Crippen MR) is 120 cm³/mol. The van der Waals surface area contributed by atoms with Gasteiger partial charge in [-0.2, -0.15) is 0 Å². The van der Waals surface area contributed by atoms with E-state index < -0.39 is 9.84 Å². The molecule has 1 aliphatic carbocycles. The highest BCUT2D eigenvalue weighted by Gasteiger charge is 2.39. The molecule has 7 nitrogen and oxygen atoms in total. The van der Waals surface area contributed by atoms with Crippen LogP contribution in [0.3, 0.4) is 0 Å². The maximum absolute atomic E-state index is 13.3. The van der Waals surface area contributed by atoms with Crippen molar-refractivity contribution in [2.75, 3.05) is 44.2 Å². The first-order valence-corrected chi connectivity index (χ1v) is 13.3. The summed E-state index contributed by atoms with van der Waals surface area (Å²) >= 11 is 6.16. The van der Waals surface area contributed by atoms with Crippen molar-refractivity contribution in [1.82, 2.24) is 14.7 Å². The monoisotopic (exact) mass is 467 g/mol. The molecule has 170 valence electrons. The van der Waals surface area contributed by atoms with E-state index in [0.29, 0.717) is 43.2 Å². The molecule has 3 fully saturated rings. The fourth-order valence-corrected chi connectivity index (χ4v) is 7.00. The molecule has 1 atom stereocenters. The smallest absolute Gasteiger partial charge is 0.255 e. The van der Waals surface area contributed by atoms with Gasteiger partial charge in [-0.25, -0.2) is 8.42 Å². The zero-order valence-corrected chi connectivity index (χ0v) is 19.3. The number of halogens is 1. The van der Waals surface area contributed by atoms with Crippen molar-refractivity contribution in [2.45, 2.75) is 44.2 Å². The van der Waals surface area contributed by atoms with Gasteiger partial charge < -0.3 is 9.80 Å². The molecular weight excluding hydrogens is 438 g/mol. The Kier molecular flexibility index (Phi) is 6.89. The topological polar surface area (TPSA) is 78.0 Å². The summed E-state index contributed by atoms with van der Waals surface area (Å²) < 4.78 is 24.0. The Morgan fingerprint density at radius 1 is 1.00 bits per heavy atom. The standard InChI is InChI=1S/C22H30ClN3O4S/c23-20-8-4-3-7-19(20)22(28)25-12-10-24(11-13-25)15-21(27)26(17-5-1-2-6-17)18-9-14-31(29,30)16-18/h3-4,7-8,17-18H,1-2,5-6,9-16H2/t18-/m1/s1. The number of carbonyl (C=O) groups excluding carboxylic acids is 2. The van der Waals surface area contributed by atoms with Crippen molar-refractivity contribution in [3.05, 3.63) is 34.9 Å². The van der Waals surface area contributed by atoms with Crippen LogP contribution in [0.2, 0.25) is 5.02 Å². The fraction of sp³-hybridized carbons (Fsp3) is 0.636. The van der Waals surface area contributed by atoms with Crippen LogP contribution in [0.25, 0.3) is 0 Å². The van der Waals surface area contributed by atoms with Crippen LogP contribution in [0, 0.1) is 0 Å². The van der Waals surface area contributed by atoms with Crippen LogP contribution < -0.4 is 0 Å². The molecular formula is C22H30ClN3O4S. The summed E-state index contributed by atoms with van der Waals surface area (Å²) in [5, 5.41) is 0.448. The van der Waals surface area contributed by atoms with Crippen LogP contribution in [0.1, 0.15) is 42.5 Å². The highest BCUT2D eigenvalue weighted by molar-refractivity contribution is 7.91. The number of sulfone groups is 1. The van der Waals surface area contributed by atoms with Gasteiger partial charge in [-0.15, -0.1) is 0 Å². The second-order valence-corrected chi connectivity index (χ2v) is 11.5. The van der Waals surface area contributed by atoms with E-state index in [1.165, 1.54) is 0 Å². The Bertz CT molecular complexity index is 924. The van der Waals surface area contributed by atoms with Crippen molar-refractivity contribution in [3.8, 4) is 0 Å². The average molecular weight is 468 g/mol. The van der Waals surface area contributed by atoms with Gasteiger partial charge in [-0.05, 0) is 31.4 Å². The van der Waals surface area contributed by atoms with Crippen LogP contribution in [-0.2, 0) is 14.6 Å². The van der Waals surface area contributed by atoms with Gasteiger partial charge in [0, 0.05) is 38.3 Å². The first-order valence-electron chi connectivity index (χ1n) is 11.1. The van der Waals surface area contributed by atoms with E-state index in [1.807, 2.05) is 4.90 Å². The molecule has 2 heterocycles. The summed E-state index contributed by atoms with van der Waals surface area (Å²) in [6, 6.07) is 7.02. The van der Waals surface area contributed by atoms with E-state index in [1.54, 1.807) is 29.2 Å². The second kappa shape index (κ2) is 9.46. The highest BCUT2D eigenvalue weighted by atomic mass is 35.5. The molecule has 0 aromatic heterocycles. The number of hydrogen-bond acceptors (Lipinski definition) is 5. The fourth-order valence-electron chi connectivity index (χ4n) is 5.07. The van der Waals surface area contributed by atoms with Gasteiger partial charge in [0.05, 0.1) is 28.6 Å². The summed E-state index contributed by atoms with van der Waals surface area (Å²) in [5.74, 6) is 0.215. The number of hydrogen-bond donors (Lipinski definition) is 0. The lowest BCUT2D eigenvalue weighted by atomic mass is 10.1. The molecule has 0 N–H and O–H groups in total. The largest absolute Gasteiger partial charge is 0.336 e. The van der Waals surface area contributed by atoms with E-state index in [4.69, 9.17) is 11.6 Å². The van der Waals surface area contributed by atoms with Crippen molar-refractivity contribution in [1.29, 1.82) is 0 Å². The summed E-state index contributed by atoms with van der Waals surface area (Å²) in [5.41, 5.74) is 0.503. The maximum atomic E-state index is 13.3. The zero-order valence-electron chi connectivity index (χ0n) is 17.7. The minimum atomic E-state index is -3.05. The van der Waals surface area contributed by atoms with Gasteiger partial charge in [0.15, 0.2) is 9.84 Å². The van der Waals surface area contributed by atoms with Gasteiger partial charge in [-0.3, -0.25) is 14.5 Å². The van der Waals surface area contributed by atoms with Crippen molar-refractivity contribution < 1.29 is 18.0 Å². The lowest BCUT2D eigenvalue weighted by Gasteiger charge is -2.38. The molecule has 0 bridgehead atoms. The first-order chi connectivity index (χ1) is 14.8. The quantitative estimate of drug-likeness (QED) is 0.662. The highest BCUT2D eigenvalue weighted by Crippen LogP contribution is 2.29. The predicted octanol–water partition coefficient (Wildman–Crippen LogP) is 2.06. The molecule has 0 unspecified atom stereocenters. The Morgan fingerprint density at radius 3 is 2.29 bits per heavy atom. The zero-order chi connectivity index (χ0) is 22.0. The van der Waals surface area contributed by atoms with E-state index in [-0.39, 0.29) is 41.9 Å². The third-order valence-electron chi connectivity index (χ3n) is 6.73. The molecule has 2 amide bonds. The van der Waals surface area contributed by atoms with E-state index in [0.717, 1.165) is 25.7 Å². The van der Waals surface area contributed by atoms with Gasteiger partial charge in [0.2, 0.25) is 5.91 Å². The third-order valence-corrected chi connectivity index (χ3v) is 8.81. The number of nitrogens with zero attached hydrogens (tertiary/aromatic N) is 3. The summed E-state index contributed by atoms with van der Waals surface area (Å²) in [6.07, 6.45) is 4.66. The first kappa shape index (κ1) is 22.6. The molecule has 3 aliphatic rings. The van der Waals surface area contributed by atoms with Crippen LogP contribution in [-0.4, -0.2) is 91.2 Å². The van der Waals surface area contributed by atoms with Crippen LogP contribution >= 0.6 is 11.6 Å². The van der Waals surface area contributed by atoms with Crippen molar-refractivity contribution in [3.63, 3.8) is 0 Å². The SMILES string of the molecule is O=C(c1ccccc1Cl)N1CCN(CC(=O)N(C2CCCC2)[C@@H]2CCS(=O)(=O)C2)CC1. The molecule has 1 aromatic carbocycles. The molecule has 2 saturated heterocycles. The Hall–Kier alpha value is -1.64. The molecule has 1 saturated carbocycles. The number of carbonyl (C=O) groups is 2. The lowest BCUT2D eigenvalue weighted by molar-refractivity contribution is -0.137.